The van der Waals surface area contributed by atoms with E-state index in [4.69, 9.17) is 9.47 Å². The molecular formula is C22H35N3O3. The summed E-state index contributed by atoms with van der Waals surface area (Å²) >= 11 is 0. The highest BCUT2D eigenvalue weighted by Crippen LogP contribution is 2.22. The van der Waals surface area contributed by atoms with Crippen molar-refractivity contribution in [2.45, 2.75) is 58.5 Å². The van der Waals surface area contributed by atoms with Gasteiger partial charge in [0.15, 0.2) is 0 Å². The lowest BCUT2D eigenvalue weighted by Crippen LogP contribution is -2.62. The van der Waals surface area contributed by atoms with Gasteiger partial charge in [0.2, 0.25) is 0 Å². The minimum Gasteiger partial charge on any atom is -0.447 e. The van der Waals surface area contributed by atoms with E-state index in [0.29, 0.717) is 12.6 Å². The molecule has 156 valence electrons. The summed E-state index contributed by atoms with van der Waals surface area (Å²) in [4.78, 5) is 19.6. The molecule has 2 saturated heterocycles. The molecule has 1 amide bonds. The smallest absolute Gasteiger partial charge is 0.410 e. The Morgan fingerprint density at radius 1 is 1.14 bits per heavy atom. The maximum Gasteiger partial charge on any atom is 0.410 e. The first kappa shape index (κ1) is 21.1. The number of hydrogen-bond donors (Lipinski definition) is 0. The zero-order valence-electron chi connectivity index (χ0n) is 17.7. The van der Waals surface area contributed by atoms with Crippen LogP contribution in [0.2, 0.25) is 0 Å². The van der Waals surface area contributed by atoms with Gasteiger partial charge >= 0.3 is 6.09 Å². The van der Waals surface area contributed by atoms with E-state index in [1.165, 1.54) is 5.56 Å². The zero-order valence-corrected chi connectivity index (χ0v) is 17.7. The molecule has 1 aromatic rings. The van der Waals surface area contributed by atoms with Crippen LogP contribution in [0.5, 0.6) is 0 Å². The molecule has 0 radical (unpaired) electrons. The van der Waals surface area contributed by atoms with Gasteiger partial charge in [0.05, 0.1) is 19.3 Å². The molecule has 2 aliphatic rings. The molecule has 0 N–H and O–H groups in total. The normalized spacial score (nSPS) is 27.2. The second-order valence-corrected chi connectivity index (χ2v) is 8.42. The quantitative estimate of drug-likeness (QED) is 0.775. The van der Waals surface area contributed by atoms with Crippen LogP contribution in [0.1, 0.15) is 33.3 Å². The third-order valence-electron chi connectivity index (χ3n) is 5.70. The summed E-state index contributed by atoms with van der Waals surface area (Å²) in [6, 6.07) is 11.4. The molecular weight excluding hydrogens is 354 g/mol. The SMILES string of the molecule is CC(C)OC(=O)N1C[C@H](CN2CCOC[C@H]2C)N(Cc2ccccc2)C[C@H]1C. The molecule has 28 heavy (non-hydrogen) atoms. The van der Waals surface area contributed by atoms with Crippen molar-refractivity contribution >= 4 is 6.09 Å². The van der Waals surface area contributed by atoms with E-state index in [1.54, 1.807) is 0 Å². The number of carbonyl (C=O) groups is 1. The average Bonchev–Trinajstić information content (AvgIpc) is 2.65. The molecule has 0 unspecified atom stereocenters. The monoisotopic (exact) mass is 389 g/mol. The van der Waals surface area contributed by atoms with Gasteiger partial charge in [-0.2, -0.15) is 0 Å². The molecule has 0 saturated carbocycles. The number of carbonyl (C=O) groups excluding carboxylic acids is 1. The Morgan fingerprint density at radius 2 is 1.89 bits per heavy atom. The molecule has 0 bridgehead atoms. The number of benzene rings is 1. The topological polar surface area (TPSA) is 45.3 Å². The Balaban J connectivity index is 1.74. The van der Waals surface area contributed by atoms with Gasteiger partial charge in [-0.1, -0.05) is 30.3 Å². The van der Waals surface area contributed by atoms with Crippen LogP contribution in [0.3, 0.4) is 0 Å². The zero-order chi connectivity index (χ0) is 20.1. The fraction of sp³-hybridized carbons (Fsp3) is 0.682. The Morgan fingerprint density at radius 3 is 2.57 bits per heavy atom. The van der Waals surface area contributed by atoms with Crippen LogP contribution in [-0.2, 0) is 16.0 Å². The third-order valence-corrected chi connectivity index (χ3v) is 5.70. The molecule has 6 nitrogen and oxygen atoms in total. The molecule has 6 heteroatoms. The van der Waals surface area contributed by atoms with Crippen molar-refractivity contribution < 1.29 is 14.3 Å². The van der Waals surface area contributed by atoms with E-state index >= 15 is 0 Å². The van der Waals surface area contributed by atoms with E-state index in [1.807, 2.05) is 18.7 Å². The number of rotatable bonds is 5. The number of nitrogens with zero attached hydrogens (tertiary/aromatic N) is 3. The van der Waals surface area contributed by atoms with Crippen molar-refractivity contribution in [3.05, 3.63) is 35.9 Å². The molecule has 3 atom stereocenters. The lowest BCUT2D eigenvalue weighted by Gasteiger charge is -2.47. The van der Waals surface area contributed by atoms with Crippen LogP contribution >= 0.6 is 0 Å². The molecule has 2 heterocycles. The first-order valence-electron chi connectivity index (χ1n) is 10.5. The van der Waals surface area contributed by atoms with Gasteiger partial charge < -0.3 is 14.4 Å². The Hall–Kier alpha value is -1.63. The largest absolute Gasteiger partial charge is 0.447 e. The number of piperazine rings is 1. The van der Waals surface area contributed by atoms with Crippen LogP contribution in [0, 0.1) is 0 Å². The predicted octanol–water partition coefficient (Wildman–Crippen LogP) is 2.83. The third kappa shape index (κ3) is 5.46. The summed E-state index contributed by atoms with van der Waals surface area (Å²) in [6.45, 7) is 14.0. The van der Waals surface area contributed by atoms with Crippen molar-refractivity contribution in [3.8, 4) is 0 Å². The molecule has 2 fully saturated rings. The fourth-order valence-electron chi connectivity index (χ4n) is 4.12. The maximum absolute atomic E-state index is 12.6. The summed E-state index contributed by atoms with van der Waals surface area (Å²) in [7, 11) is 0. The van der Waals surface area contributed by atoms with Gasteiger partial charge in [0.25, 0.3) is 0 Å². The van der Waals surface area contributed by atoms with Crippen LogP contribution in [-0.4, -0.2) is 84.4 Å². The maximum atomic E-state index is 12.6. The van der Waals surface area contributed by atoms with E-state index in [-0.39, 0.29) is 24.3 Å². The minimum absolute atomic E-state index is 0.0974. The predicted molar refractivity (Wildman–Crippen MR) is 110 cm³/mol. The fourth-order valence-corrected chi connectivity index (χ4v) is 4.12. The number of hydrogen-bond acceptors (Lipinski definition) is 5. The van der Waals surface area contributed by atoms with Gasteiger partial charge in [-0.05, 0) is 33.3 Å². The summed E-state index contributed by atoms with van der Waals surface area (Å²) < 4.78 is 11.1. The standard InChI is InChI=1S/C22H35N3O3/c1-17(2)28-22(26)25-15-21(14-23-10-11-27-16-19(23)4)24(12-18(25)3)13-20-8-6-5-7-9-20/h5-9,17-19,21H,10-16H2,1-4H3/t18-,19-,21+/m1/s1. The lowest BCUT2D eigenvalue weighted by atomic mass is 10.0. The summed E-state index contributed by atoms with van der Waals surface area (Å²) in [6.07, 6.45) is -0.290. The highest BCUT2D eigenvalue weighted by molar-refractivity contribution is 5.68. The van der Waals surface area contributed by atoms with Crippen LogP contribution in [0.25, 0.3) is 0 Å². The van der Waals surface area contributed by atoms with E-state index in [0.717, 1.165) is 39.4 Å². The van der Waals surface area contributed by atoms with Gasteiger partial charge in [-0.25, -0.2) is 4.79 Å². The molecule has 0 aliphatic carbocycles. The van der Waals surface area contributed by atoms with Crippen molar-refractivity contribution in [2.75, 3.05) is 39.4 Å². The number of morpholine rings is 1. The molecule has 1 aromatic carbocycles. The summed E-state index contributed by atoms with van der Waals surface area (Å²) in [5.74, 6) is 0. The average molecular weight is 390 g/mol. The van der Waals surface area contributed by atoms with Gasteiger partial charge in [-0.15, -0.1) is 0 Å². The lowest BCUT2D eigenvalue weighted by molar-refractivity contribution is -0.0360. The highest BCUT2D eigenvalue weighted by atomic mass is 16.6. The van der Waals surface area contributed by atoms with Gasteiger partial charge in [0.1, 0.15) is 0 Å². The second-order valence-electron chi connectivity index (χ2n) is 8.42. The van der Waals surface area contributed by atoms with Crippen molar-refractivity contribution in [1.29, 1.82) is 0 Å². The van der Waals surface area contributed by atoms with Crippen molar-refractivity contribution in [1.82, 2.24) is 14.7 Å². The van der Waals surface area contributed by atoms with Crippen LogP contribution in [0.4, 0.5) is 4.79 Å². The van der Waals surface area contributed by atoms with E-state index in [2.05, 4.69) is 54.0 Å². The Kier molecular flexibility index (Phi) is 7.32. The summed E-state index contributed by atoms with van der Waals surface area (Å²) in [5, 5.41) is 0. The van der Waals surface area contributed by atoms with E-state index < -0.39 is 0 Å². The number of ether oxygens (including phenoxy) is 2. The molecule has 0 spiro atoms. The summed E-state index contributed by atoms with van der Waals surface area (Å²) in [5.41, 5.74) is 1.31. The van der Waals surface area contributed by atoms with Crippen molar-refractivity contribution in [2.24, 2.45) is 0 Å². The van der Waals surface area contributed by atoms with Crippen LogP contribution in [0.15, 0.2) is 30.3 Å². The highest BCUT2D eigenvalue weighted by Gasteiger charge is 2.37. The molecule has 3 rings (SSSR count). The first-order chi connectivity index (χ1) is 13.4. The Bertz CT molecular complexity index is 625. The first-order valence-corrected chi connectivity index (χ1v) is 10.5. The minimum atomic E-state index is -0.193. The Labute approximate surface area is 169 Å². The van der Waals surface area contributed by atoms with Crippen molar-refractivity contribution in [3.63, 3.8) is 0 Å². The molecule has 2 aliphatic heterocycles. The molecule has 0 aromatic heterocycles. The van der Waals surface area contributed by atoms with Gasteiger partial charge in [-0.3, -0.25) is 9.80 Å². The van der Waals surface area contributed by atoms with Crippen LogP contribution < -0.4 is 0 Å². The second kappa shape index (κ2) is 9.72. The van der Waals surface area contributed by atoms with E-state index in [9.17, 15) is 4.79 Å². The van der Waals surface area contributed by atoms with Gasteiger partial charge in [0, 0.05) is 50.8 Å². The number of amides is 1.